The van der Waals surface area contributed by atoms with E-state index in [-0.39, 0.29) is 38.0 Å². The molecule has 0 bridgehead atoms. The van der Waals surface area contributed by atoms with E-state index in [1.807, 2.05) is 6.07 Å². The number of hydrogen-bond acceptors (Lipinski definition) is 3. The Morgan fingerprint density at radius 2 is 1.87 bits per heavy atom. The Morgan fingerprint density at radius 1 is 1.16 bits per heavy atom. The number of aromatic nitrogens is 1. The number of benzene rings is 2. The van der Waals surface area contributed by atoms with Crippen LogP contribution in [0.15, 0.2) is 48.0 Å². The Balaban J connectivity index is 1.90. The minimum Gasteiger partial charge on any atom is -0.320 e. The van der Waals surface area contributed by atoms with E-state index >= 15 is 0 Å². The fourth-order valence-electron chi connectivity index (χ4n) is 3.80. The lowest BCUT2D eigenvalue weighted by Gasteiger charge is -2.11. The number of ketones is 1. The summed E-state index contributed by atoms with van der Waals surface area (Å²) in [6.45, 7) is 3.38. The molecule has 0 fully saturated rings. The summed E-state index contributed by atoms with van der Waals surface area (Å²) in [6.07, 6.45) is 0. The zero-order chi connectivity index (χ0) is 22.4. The predicted octanol–water partition coefficient (Wildman–Crippen LogP) is 5.65. The molecule has 154 valence electrons. The molecule has 1 aliphatic rings. The molecule has 0 unspecified atom stereocenters. The highest BCUT2D eigenvalue weighted by atomic mass is 35.5. The van der Waals surface area contributed by atoms with E-state index in [9.17, 15) is 19.2 Å². The van der Waals surface area contributed by atoms with Crippen molar-refractivity contribution in [2.45, 2.75) is 13.8 Å². The van der Waals surface area contributed by atoms with Gasteiger partial charge in [0, 0.05) is 27.5 Å². The molecule has 1 N–H and O–H groups in total. The van der Waals surface area contributed by atoms with Crippen LogP contribution in [0.25, 0.3) is 11.3 Å². The van der Waals surface area contributed by atoms with Gasteiger partial charge in [-0.05, 0) is 44.2 Å². The summed E-state index contributed by atoms with van der Waals surface area (Å²) in [7, 11) is 0. The van der Waals surface area contributed by atoms with Crippen molar-refractivity contribution in [3.05, 3.63) is 86.4 Å². The first-order chi connectivity index (χ1) is 14.7. The second kappa shape index (κ2) is 7.69. The highest BCUT2D eigenvalue weighted by molar-refractivity contribution is 6.44. The van der Waals surface area contributed by atoms with Gasteiger partial charge in [-0.1, -0.05) is 35.3 Å². The van der Waals surface area contributed by atoms with Gasteiger partial charge in [0.25, 0.3) is 5.91 Å². The molecule has 1 amide bonds. The van der Waals surface area contributed by atoms with E-state index in [0.29, 0.717) is 17.1 Å². The van der Waals surface area contributed by atoms with Crippen LogP contribution in [0.1, 0.15) is 27.3 Å². The van der Waals surface area contributed by atoms with Gasteiger partial charge in [0.05, 0.1) is 22.0 Å². The van der Waals surface area contributed by atoms with E-state index in [1.165, 1.54) is 18.2 Å². The SMILES string of the molecule is Cc1cc(C(=O)/C(C#N)=C2/C(=O)Nc3c(Cl)cc(Cl)cc32)c(C)n1-c1ccccc1F. The summed E-state index contributed by atoms with van der Waals surface area (Å²) in [4.78, 5) is 26.0. The van der Waals surface area contributed by atoms with Gasteiger partial charge in [-0.3, -0.25) is 9.59 Å². The van der Waals surface area contributed by atoms with Gasteiger partial charge in [-0.25, -0.2) is 4.39 Å². The number of allylic oxidation sites excluding steroid dienone is 1. The van der Waals surface area contributed by atoms with Crippen LogP contribution in [0.2, 0.25) is 10.0 Å². The average Bonchev–Trinajstić information content (AvgIpc) is 3.20. The number of anilines is 1. The largest absolute Gasteiger partial charge is 0.320 e. The number of nitriles is 1. The lowest BCUT2D eigenvalue weighted by atomic mass is 9.95. The van der Waals surface area contributed by atoms with Gasteiger partial charge >= 0.3 is 0 Å². The fourth-order valence-corrected chi connectivity index (χ4v) is 4.34. The van der Waals surface area contributed by atoms with Crippen molar-refractivity contribution in [2.75, 3.05) is 5.32 Å². The molecule has 5 nitrogen and oxygen atoms in total. The first kappa shape index (κ1) is 20.9. The highest BCUT2D eigenvalue weighted by Gasteiger charge is 2.33. The molecule has 0 saturated carbocycles. The van der Waals surface area contributed by atoms with Crippen LogP contribution >= 0.6 is 23.2 Å². The third-order valence-corrected chi connectivity index (χ3v) is 5.66. The van der Waals surface area contributed by atoms with Crippen LogP contribution in [0.5, 0.6) is 0 Å². The summed E-state index contributed by atoms with van der Waals surface area (Å²) in [5.74, 6) is -1.71. The monoisotopic (exact) mass is 453 g/mol. The second-order valence-corrected chi connectivity index (χ2v) is 7.87. The van der Waals surface area contributed by atoms with Crippen LogP contribution in [0.3, 0.4) is 0 Å². The molecule has 0 spiro atoms. The molecule has 0 atom stereocenters. The lowest BCUT2D eigenvalue weighted by molar-refractivity contribution is -0.110. The minimum absolute atomic E-state index is 0.0948. The summed E-state index contributed by atoms with van der Waals surface area (Å²) >= 11 is 12.2. The molecule has 1 aromatic heterocycles. The number of Topliss-reactive ketones (excluding diaryl/α,β-unsaturated/α-hetero) is 1. The molecule has 4 rings (SSSR count). The van der Waals surface area contributed by atoms with Crippen LogP contribution in [-0.4, -0.2) is 16.3 Å². The van der Waals surface area contributed by atoms with Crippen LogP contribution in [0, 0.1) is 31.0 Å². The van der Waals surface area contributed by atoms with Crippen LogP contribution in [-0.2, 0) is 4.79 Å². The summed E-state index contributed by atoms with van der Waals surface area (Å²) < 4.78 is 16.0. The van der Waals surface area contributed by atoms with Crippen molar-refractivity contribution in [3.63, 3.8) is 0 Å². The molecule has 8 heteroatoms. The first-order valence-corrected chi connectivity index (χ1v) is 9.93. The van der Waals surface area contributed by atoms with Crippen molar-refractivity contribution in [1.29, 1.82) is 5.26 Å². The summed E-state index contributed by atoms with van der Waals surface area (Å²) in [5.41, 5.74) is 1.67. The van der Waals surface area contributed by atoms with Gasteiger partial charge < -0.3 is 9.88 Å². The fraction of sp³-hybridized carbons (Fsp3) is 0.0870. The zero-order valence-corrected chi connectivity index (χ0v) is 17.9. The maximum absolute atomic E-state index is 14.4. The molecule has 1 aliphatic heterocycles. The second-order valence-electron chi connectivity index (χ2n) is 7.03. The van der Waals surface area contributed by atoms with Crippen LogP contribution in [0.4, 0.5) is 10.1 Å². The molecule has 31 heavy (non-hydrogen) atoms. The topological polar surface area (TPSA) is 74.9 Å². The number of rotatable bonds is 3. The molecule has 0 saturated heterocycles. The number of para-hydroxylation sites is 1. The van der Waals surface area contributed by atoms with Crippen molar-refractivity contribution in [1.82, 2.24) is 4.57 Å². The maximum atomic E-state index is 14.4. The normalized spacial score (nSPS) is 14.1. The quantitative estimate of drug-likeness (QED) is 0.316. The van der Waals surface area contributed by atoms with Crippen molar-refractivity contribution in [2.24, 2.45) is 0 Å². The van der Waals surface area contributed by atoms with Gasteiger partial charge in [0.2, 0.25) is 5.78 Å². The molecule has 0 aliphatic carbocycles. The van der Waals surface area contributed by atoms with E-state index in [1.54, 1.807) is 42.7 Å². The van der Waals surface area contributed by atoms with E-state index in [4.69, 9.17) is 23.2 Å². The third-order valence-electron chi connectivity index (χ3n) is 5.15. The number of nitrogens with zero attached hydrogens (tertiary/aromatic N) is 2. The minimum atomic E-state index is -0.646. The third kappa shape index (κ3) is 3.32. The average molecular weight is 454 g/mol. The predicted molar refractivity (Wildman–Crippen MR) is 117 cm³/mol. The van der Waals surface area contributed by atoms with Crippen molar-refractivity contribution >= 4 is 46.2 Å². The summed E-state index contributed by atoms with van der Waals surface area (Å²) in [6, 6.07) is 12.5. The van der Waals surface area contributed by atoms with Crippen LogP contribution < -0.4 is 5.32 Å². The molecule has 0 radical (unpaired) electrons. The van der Waals surface area contributed by atoms with E-state index in [2.05, 4.69) is 5.32 Å². The number of nitrogens with one attached hydrogen (secondary N) is 1. The number of hydrogen-bond donors (Lipinski definition) is 1. The number of carbonyl (C=O) groups excluding carboxylic acids is 2. The standard InChI is InChI=1S/C23H14Cl2FN3O2/c1-11-7-14(12(2)29(11)19-6-4-3-5-18(19)26)22(30)16(10-27)20-15-8-13(24)9-17(25)21(15)28-23(20)31/h3-9H,1-2H3,(H,28,31)/b20-16+. The van der Waals surface area contributed by atoms with Crippen molar-refractivity contribution in [3.8, 4) is 11.8 Å². The molecular weight excluding hydrogens is 440 g/mol. The smallest absolute Gasteiger partial charge is 0.257 e. The molecule has 3 aromatic rings. The Labute approximate surface area is 187 Å². The lowest BCUT2D eigenvalue weighted by Crippen LogP contribution is -2.12. The maximum Gasteiger partial charge on any atom is 0.257 e. The van der Waals surface area contributed by atoms with Gasteiger partial charge in [0.15, 0.2) is 0 Å². The number of halogens is 3. The van der Waals surface area contributed by atoms with Gasteiger partial charge in [-0.15, -0.1) is 0 Å². The van der Waals surface area contributed by atoms with E-state index < -0.39 is 17.5 Å². The Kier molecular flexibility index (Phi) is 5.18. The number of carbonyl (C=O) groups is 2. The van der Waals surface area contributed by atoms with Crippen molar-refractivity contribution < 1.29 is 14.0 Å². The molecule has 2 heterocycles. The Morgan fingerprint density at radius 3 is 2.55 bits per heavy atom. The Hall–Kier alpha value is -3.40. The Bertz CT molecular complexity index is 1370. The number of amides is 1. The number of fused-ring (bicyclic) bond motifs is 1. The molecule has 2 aromatic carbocycles. The molecular formula is C23H14Cl2FN3O2. The van der Waals surface area contributed by atoms with Gasteiger partial charge in [-0.2, -0.15) is 5.26 Å². The highest BCUT2D eigenvalue weighted by Crippen LogP contribution is 2.41. The van der Waals surface area contributed by atoms with E-state index in [0.717, 1.165) is 0 Å². The summed E-state index contributed by atoms with van der Waals surface area (Å²) in [5, 5.41) is 12.8. The van der Waals surface area contributed by atoms with Gasteiger partial charge in [0.1, 0.15) is 17.5 Å². The zero-order valence-electron chi connectivity index (χ0n) is 16.4. The number of aryl methyl sites for hydroxylation is 1. The first-order valence-electron chi connectivity index (χ1n) is 9.18.